The van der Waals surface area contributed by atoms with Crippen molar-refractivity contribution in [2.45, 2.75) is 57.5 Å². The van der Waals surface area contributed by atoms with Crippen LogP contribution in [0.5, 0.6) is 0 Å². The van der Waals surface area contributed by atoms with Crippen LogP contribution < -0.4 is 5.32 Å². The van der Waals surface area contributed by atoms with Crippen molar-refractivity contribution in [1.82, 2.24) is 5.32 Å². The molecule has 0 bridgehead atoms. The van der Waals surface area contributed by atoms with E-state index in [2.05, 4.69) is 29.6 Å². The molecule has 3 rings (SSSR count). The number of benzene rings is 2. The normalized spacial score (nSPS) is 15.1. The molecule has 30 heavy (non-hydrogen) atoms. The number of hydrogen-bond donors (Lipinski definition) is 2. The molecule has 0 fully saturated rings. The van der Waals surface area contributed by atoms with Crippen LogP contribution in [0.2, 0.25) is 0 Å². The first-order valence-electron chi connectivity index (χ1n) is 10.2. The lowest BCUT2D eigenvalue weighted by atomic mass is 9.98. The van der Waals surface area contributed by atoms with Gasteiger partial charge in [0.15, 0.2) is 6.29 Å². The van der Waals surface area contributed by atoms with Crippen molar-refractivity contribution in [3.63, 3.8) is 0 Å². The maximum absolute atomic E-state index is 12.5. The van der Waals surface area contributed by atoms with Crippen LogP contribution in [0.15, 0.2) is 48.5 Å². The smallest absolute Gasteiger partial charge is 0.407 e. The number of aldehydes is 1. The van der Waals surface area contributed by atoms with E-state index < -0.39 is 24.0 Å². The van der Waals surface area contributed by atoms with Crippen LogP contribution in [-0.4, -0.2) is 42.0 Å². The van der Waals surface area contributed by atoms with Crippen LogP contribution >= 0.6 is 0 Å². The number of fused-ring (bicyclic) bond motifs is 3. The molecule has 1 amide bonds. The van der Waals surface area contributed by atoms with Crippen molar-refractivity contribution in [3.05, 3.63) is 59.7 Å². The predicted octanol–water partition coefficient (Wildman–Crippen LogP) is 4.01. The number of carbonyl (C=O) groups is 2. The summed E-state index contributed by atoms with van der Waals surface area (Å²) in [5, 5.41) is 13.0. The van der Waals surface area contributed by atoms with Crippen molar-refractivity contribution < 1.29 is 24.2 Å². The first-order valence-corrected chi connectivity index (χ1v) is 10.2. The zero-order valence-electron chi connectivity index (χ0n) is 17.6. The number of nitrogens with one attached hydrogen (secondary N) is 1. The number of amides is 1. The number of alkyl carbamates (subject to hydrolysis) is 1. The van der Waals surface area contributed by atoms with Gasteiger partial charge in [-0.25, -0.2) is 4.79 Å². The van der Waals surface area contributed by atoms with Gasteiger partial charge in [0.25, 0.3) is 0 Å². The molecule has 0 heterocycles. The molecule has 1 unspecified atom stereocenters. The molecule has 0 spiro atoms. The Kier molecular flexibility index (Phi) is 6.90. The van der Waals surface area contributed by atoms with Crippen molar-refractivity contribution >= 4 is 12.4 Å². The molecule has 0 aromatic heterocycles. The van der Waals surface area contributed by atoms with Crippen LogP contribution in [0.3, 0.4) is 0 Å². The maximum atomic E-state index is 12.5. The molecule has 0 radical (unpaired) electrons. The van der Waals surface area contributed by atoms with Gasteiger partial charge in [0.1, 0.15) is 12.9 Å². The molecule has 0 saturated carbocycles. The summed E-state index contributed by atoms with van der Waals surface area (Å²) in [5.74, 6) is -0.0488. The molecule has 1 aliphatic carbocycles. The Bertz CT molecular complexity index is 844. The van der Waals surface area contributed by atoms with Gasteiger partial charge in [0, 0.05) is 12.3 Å². The minimum Gasteiger partial charge on any atom is -0.449 e. The lowest BCUT2D eigenvalue weighted by Crippen LogP contribution is -2.47. The first-order chi connectivity index (χ1) is 14.3. The fourth-order valence-corrected chi connectivity index (χ4v) is 3.77. The molecule has 6 nitrogen and oxygen atoms in total. The highest BCUT2D eigenvalue weighted by Gasteiger charge is 2.30. The number of carbonyl (C=O) groups excluding carboxylic acids is 2. The Morgan fingerprint density at radius 1 is 1.10 bits per heavy atom. The zero-order valence-corrected chi connectivity index (χ0v) is 17.6. The molecule has 160 valence electrons. The number of aliphatic hydroxyl groups excluding tert-OH is 1. The van der Waals surface area contributed by atoms with E-state index in [0.717, 1.165) is 28.5 Å². The quantitative estimate of drug-likeness (QED) is 0.506. The molecule has 6 heteroatoms. The van der Waals surface area contributed by atoms with E-state index in [1.807, 2.05) is 24.3 Å². The van der Waals surface area contributed by atoms with Crippen molar-refractivity contribution in [2.75, 3.05) is 6.61 Å². The first kappa shape index (κ1) is 22.0. The van der Waals surface area contributed by atoms with E-state index in [-0.39, 0.29) is 25.4 Å². The minimum absolute atomic E-state index is 0.0488. The highest BCUT2D eigenvalue weighted by atomic mass is 16.6. The molecule has 0 saturated heterocycles. The summed E-state index contributed by atoms with van der Waals surface area (Å²) < 4.78 is 11.1. The van der Waals surface area contributed by atoms with Crippen LogP contribution in [0, 0.1) is 0 Å². The molecular weight excluding hydrogens is 382 g/mol. The van der Waals surface area contributed by atoms with Gasteiger partial charge in [-0.2, -0.15) is 0 Å². The fourth-order valence-electron chi connectivity index (χ4n) is 3.77. The Labute approximate surface area is 177 Å². The summed E-state index contributed by atoms with van der Waals surface area (Å²) in [4.78, 5) is 23.2. The number of ether oxygens (including phenoxy) is 2. The van der Waals surface area contributed by atoms with E-state index >= 15 is 0 Å². The van der Waals surface area contributed by atoms with E-state index in [0.29, 0.717) is 0 Å². The third-order valence-electron chi connectivity index (χ3n) is 5.06. The molecule has 2 aromatic carbocycles. The molecular formula is C24H29NO5. The summed E-state index contributed by atoms with van der Waals surface area (Å²) in [5.41, 5.74) is 3.96. The minimum atomic E-state index is -1.24. The SMILES string of the molecule is CC(C)(C)O[C@H](O)C(CCC=O)NC(=O)OCC1c2ccccc2-c2ccccc21. The molecule has 2 atom stereocenters. The fraction of sp³-hybridized carbons (Fsp3) is 0.417. The van der Waals surface area contributed by atoms with Crippen LogP contribution in [-0.2, 0) is 14.3 Å². The summed E-state index contributed by atoms with van der Waals surface area (Å²) in [6.45, 7) is 5.59. The van der Waals surface area contributed by atoms with Crippen molar-refractivity contribution in [2.24, 2.45) is 0 Å². The Balaban J connectivity index is 1.66. The average molecular weight is 411 g/mol. The van der Waals surface area contributed by atoms with Gasteiger partial charge in [0.05, 0.1) is 11.6 Å². The number of hydrogen-bond acceptors (Lipinski definition) is 5. The summed E-state index contributed by atoms with van der Waals surface area (Å²) in [6.07, 6.45) is -0.699. The predicted molar refractivity (Wildman–Crippen MR) is 114 cm³/mol. The maximum Gasteiger partial charge on any atom is 0.407 e. The van der Waals surface area contributed by atoms with Crippen molar-refractivity contribution in [3.8, 4) is 11.1 Å². The van der Waals surface area contributed by atoms with E-state index in [4.69, 9.17) is 9.47 Å². The second kappa shape index (κ2) is 9.41. The highest BCUT2D eigenvalue weighted by molar-refractivity contribution is 5.79. The molecule has 2 aromatic rings. The van der Waals surface area contributed by atoms with Crippen LogP contribution in [0.4, 0.5) is 4.79 Å². The highest BCUT2D eigenvalue weighted by Crippen LogP contribution is 2.44. The number of rotatable bonds is 8. The summed E-state index contributed by atoms with van der Waals surface area (Å²) in [6, 6.07) is 15.5. The number of aliphatic hydroxyl groups is 1. The molecule has 0 aliphatic heterocycles. The third-order valence-corrected chi connectivity index (χ3v) is 5.06. The second-order valence-corrected chi connectivity index (χ2v) is 8.44. The van der Waals surface area contributed by atoms with Crippen LogP contribution in [0.25, 0.3) is 11.1 Å². The van der Waals surface area contributed by atoms with Gasteiger partial charge >= 0.3 is 6.09 Å². The average Bonchev–Trinajstić information content (AvgIpc) is 3.02. The van der Waals surface area contributed by atoms with Gasteiger partial charge in [0.2, 0.25) is 0 Å². The Hall–Kier alpha value is -2.70. The monoisotopic (exact) mass is 411 g/mol. The third kappa shape index (κ3) is 5.26. The molecule has 2 N–H and O–H groups in total. The van der Waals surface area contributed by atoms with E-state index in [9.17, 15) is 14.7 Å². The lowest BCUT2D eigenvalue weighted by molar-refractivity contribution is -0.180. The second-order valence-electron chi connectivity index (χ2n) is 8.44. The van der Waals surface area contributed by atoms with Crippen molar-refractivity contribution in [1.29, 1.82) is 0 Å². The van der Waals surface area contributed by atoms with Gasteiger partial charge < -0.3 is 24.7 Å². The largest absolute Gasteiger partial charge is 0.449 e. The molecule has 1 aliphatic rings. The Morgan fingerprint density at radius 3 is 2.20 bits per heavy atom. The standard InChI is InChI=1S/C24H29NO5/c1-24(2,3)30-22(27)21(13-8-14-26)25-23(28)29-15-20-18-11-6-4-9-16(18)17-10-5-7-12-19(17)20/h4-7,9-12,14,20-22,27H,8,13,15H2,1-3H3,(H,25,28)/t21?,22-/m0/s1. The van der Waals surface area contributed by atoms with E-state index in [1.165, 1.54) is 0 Å². The lowest BCUT2D eigenvalue weighted by Gasteiger charge is -2.29. The van der Waals surface area contributed by atoms with Gasteiger partial charge in [-0.3, -0.25) is 0 Å². The van der Waals surface area contributed by atoms with Gasteiger partial charge in [-0.15, -0.1) is 0 Å². The summed E-state index contributed by atoms with van der Waals surface area (Å²) in [7, 11) is 0. The Morgan fingerprint density at radius 2 is 1.67 bits per heavy atom. The zero-order chi connectivity index (χ0) is 21.7. The van der Waals surface area contributed by atoms with Gasteiger partial charge in [-0.05, 0) is 49.4 Å². The topological polar surface area (TPSA) is 84.9 Å². The van der Waals surface area contributed by atoms with E-state index in [1.54, 1.807) is 20.8 Å². The van der Waals surface area contributed by atoms with Crippen LogP contribution in [0.1, 0.15) is 50.7 Å². The van der Waals surface area contributed by atoms with Gasteiger partial charge in [-0.1, -0.05) is 48.5 Å². The summed E-state index contributed by atoms with van der Waals surface area (Å²) >= 11 is 0.